The lowest BCUT2D eigenvalue weighted by Gasteiger charge is -2.32. The van der Waals surface area contributed by atoms with E-state index in [0.29, 0.717) is 5.69 Å². The molecule has 0 bridgehead atoms. The van der Waals surface area contributed by atoms with Gasteiger partial charge in [0.15, 0.2) is 0 Å². The van der Waals surface area contributed by atoms with Gasteiger partial charge in [0.05, 0.1) is 7.11 Å². The highest BCUT2D eigenvalue weighted by atomic mass is 16.5. The number of methoxy groups -OCH3 is 1. The molecule has 0 aliphatic carbocycles. The quantitative estimate of drug-likeness (QED) is 0.917. The van der Waals surface area contributed by atoms with Crippen LogP contribution < -0.4 is 10.1 Å². The van der Waals surface area contributed by atoms with Gasteiger partial charge in [-0.15, -0.1) is 0 Å². The van der Waals surface area contributed by atoms with E-state index in [9.17, 15) is 4.79 Å². The van der Waals surface area contributed by atoms with Crippen molar-refractivity contribution in [1.29, 1.82) is 0 Å². The zero-order valence-electron chi connectivity index (χ0n) is 14.4. The van der Waals surface area contributed by atoms with E-state index in [-0.39, 0.29) is 11.9 Å². The second-order valence-electron chi connectivity index (χ2n) is 6.38. The fraction of sp³-hybridized carbons (Fsp3) is 0.421. The summed E-state index contributed by atoms with van der Waals surface area (Å²) in [7, 11) is 3.59. The van der Waals surface area contributed by atoms with Crippen molar-refractivity contribution in [2.45, 2.75) is 25.4 Å². The number of rotatable bonds is 5. The van der Waals surface area contributed by atoms with Gasteiger partial charge >= 0.3 is 0 Å². The van der Waals surface area contributed by atoms with Gasteiger partial charge in [-0.2, -0.15) is 0 Å². The van der Waals surface area contributed by atoms with Gasteiger partial charge in [-0.25, -0.2) is 0 Å². The molecular formula is C19H25N3O2. The van der Waals surface area contributed by atoms with Crippen LogP contribution in [0.25, 0.3) is 0 Å². The summed E-state index contributed by atoms with van der Waals surface area (Å²) < 4.78 is 7.14. The summed E-state index contributed by atoms with van der Waals surface area (Å²) in [6.45, 7) is 2.92. The second-order valence-corrected chi connectivity index (χ2v) is 6.38. The Morgan fingerprint density at radius 2 is 2.04 bits per heavy atom. The molecule has 128 valence electrons. The lowest BCUT2D eigenvalue weighted by molar-refractivity contribution is 0.0900. The van der Waals surface area contributed by atoms with Gasteiger partial charge in [-0.05, 0) is 42.7 Å². The summed E-state index contributed by atoms with van der Waals surface area (Å²) in [5, 5.41) is 3.16. The molecule has 1 aromatic carbocycles. The summed E-state index contributed by atoms with van der Waals surface area (Å²) in [5.41, 5.74) is 1.98. The van der Waals surface area contributed by atoms with Gasteiger partial charge in [0.1, 0.15) is 11.4 Å². The first kappa shape index (κ1) is 16.6. The van der Waals surface area contributed by atoms with Crippen LogP contribution in [-0.4, -0.2) is 41.6 Å². The summed E-state index contributed by atoms with van der Waals surface area (Å²) in [4.78, 5) is 14.7. The molecule has 1 aromatic heterocycles. The monoisotopic (exact) mass is 327 g/mol. The number of hydrogen-bond donors (Lipinski definition) is 1. The summed E-state index contributed by atoms with van der Waals surface area (Å²) in [6.07, 6.45) is 3.87. The van der Waals surface area contributed by atoms with Crippen LogP contribution in [-0.2, 0) is 13.6 Å². The highest BCUT2D eigenvalue weighted by molar-refractivity contribution is 5.92. The molecule has 1 aliphatic rings. The third-order valence-corrected chi connectivity index (χ3v) is 4.64. The summed E-state index contributed by atoms with van der Waals surface area (Å²) in [6, 6.07) is 12.2. The molecule has 0 spiro atoms. The number of piperidine rings is 1. The number of amides is 1. The van der Waals surface area contributed by atoms with Crippen molar-refractivity contribution < 1.29 is 9.53 Å². The standard InChI is InChI=1S/C19H25N3O2/c1-21-10-4-7-18(21)19(23)20-16-8-11-22(12-9-16)14-15-5-3-6-17(13-15)24-2/h3-7,10,13,16H,8-9,11-12,14H2,1-2H3,(H,20,23). The van der Waals surface area contributed by atoms with Crippen LogP contribution in [0.2, 0.25) is 0 Å². The first-order chi connectivity index (χ1) is 11.7. The Bertz CT molecular complexity index is 687. The van der Waals surface area contributed by atoms with Gasteiger partial charge in [0, 0.05) is 38.9 Å². The Hall–Kier alpha value is -2.27. The molecule has 0 radical (unpaired) electrons. The van der Waals surface area contributed by atoms with E-state index in [4.69, 9.17) is 4.74 Å². The van der Waals surface area contributed by atoms with E-state index in [0.717, 1.165) is 38.2 Å². The number of aryl methyl sites for hydroxylation is 1. The van der Waals surface area contributed by atoms with Crippen LogP contribution in [0.5, 0.6) is 5.75 Å². The Balaban J connectivity index is 1.49. The predicted molar refractivity (Wildman–Crippen MR) is 94.2 cm³/mol. The third kappa shape index (κ3) is 3.97. The summed E-state index contributed by atoms with van der Waals surface area (Å²) in [5.74, 6) is 0.922. The smallest absolute Gasteiger partial charge is 0.268 e. The lowest BCUT2D eigenvalue weighted by atomic mass is 10.0. The number of carbonyl (C=O) groups excluding carboxylic acids is 1. The maximum Gasteiger partial charge on any atom is 0.268 e. The van der Waals surface area contributed by atoms with Crippen LogP contribution >= 0.6 is 0 Å². The fourth-order valence-corrected chi connectivity index (χ4v) is 3.22. The molecule has 1 fully saturated rings. The Labute approximate surface area is 143 Å². The molecule has 0 atom stereocenters. The van der Waals surface area contributed by atoms with Crippen LogP contribution in [0.4, 0.5) is 0 Å². The Kier molecular flexibility index (Phi) is 5.20. The average Bonchev–Trinajstić information content (AvgIpc) is 3.03. The van der Waals surface area contributed by atoms with Gasteiger partial charge < -0.3 is 14.6 Å². The maximum atomic E-state index is 12.3. The van der Waals surface area contributed by atoms with Crippen molar-refractivity contribution in [1.82, 2.24) is 14.8 Å². The molecule has 3 rings (SSSR count). The molecule has 1 aliphatic heterocycles. The van der Waals surface area contributed by atoms with Crippen LogP contribution in [0.1, 0.15) is 28.9 Å². The van der Waals surface area contributed by atoms with E-state index >= 15 is 0 Å². The van der Waals surface area contributed by atoms with Crippen molar-refractivity contribution in [3.63, 3.8) is 0 Å². The number of likely N-dealkylation sites (tertiary alicyclic amines) is 1. The SMILES string of the molecule is COc1cccc(CN2CCC(NC(=O)c3cccn3C)CC2)c1. The molecule has 1 amide bonds. The van der Waals surface area contributed by atoms with E-state index in [1.54, 1.807) is 7.11 Å². The van der Waals surface area contributed by atoms with Crippen molar-refractivity contribution in [3.05, 3.63) is 53.9 Å². The van der Waals surface area contributed by atoms with E-state index in [1.165, 1.54) is 5.56 Å². The van der Waals surface area contributed by atoms with Crippen molar-refractivity contribution in [3.8, 4) is 5.75 Å². The molecule has 24 heavy (non-hydrogen) atoms. The van der Waals surface area contributed by atoms with Gasteiger partial charge in [0.2, 0.25) is 0 Å². The first-order valence-electron chi connectivity index (χ1n) is 8.43. The number of nitrogens with one attached hydrogen (secondary N) is 1. The Morgan fingerprint density at radius 3 is 2.71 bits per heavy atom. The molecule has 5 heteroatoms. The second kappa shape index (κ2) is 7.53. The van der Waals surface area contributed by atoms with Crippen molar-refractivity contribution in [2.75, 3.05) is 20.2 Å². The minimum absolute atomic E-state index is 0.0220. The van der Waals surface area contributed by atoms with Crippen LogP contribution in [0, 0.1) is 0 Å². The highest BCUT2D eigenvalue weighted by Gasteiger charge is 2.22. The average molecular weight is 327 g/mol. The van der Waals surface area contributed by atoms with E-state index in [1.807, 2.05) is 42.1 Å². The van der Waals surface area contributed by atoms with E-state index in [2.05, 4.69) is 22.3 Å². The normalized spacial score (nSPS) is 16.1. The highest BCUT2D eigenvalue weighted by Crippen LogP contribution is 2.18. The fourth-order valence-electron chi connectivity index (χ4n) is 3.22. The topological polar surface area (TPSA) is 46.5 Å². The number of carbonyl (C=O) groups is 1. The van der Waals surface area contributed by atoms with Crippen LogP contribution in [0.3, 0.4) is 0 Å². The zero-order chi connectivity index (χ0) is 16.9. The van der Waals surface area contributed by atoms with E-state index < -0.39 is 0 Å². The number of ether oxygens (including phenoxy) is 1. The number of aromatic nitrogens is 1. The molecule has 0 unspecified atom stereocenters. The number of benzene rings is 1. The molecule has 2 heterocycles. The molecule has 2 aromatic rings. The van der Waals surface area contributed by atoms with Gasteiger partial charge in [-0.1, -0.05) is 12.1 Å². The van der Waals surface area contributed by atoms with Crippen LogP contribution in [0.15, 0.2) is 42.6 Å². The Morgan fingerprint density at radius 1 is 1.25 bits per heavy atom. The molecular weight excluding hydrogens is 302 g/mol. The minimum atomic E-state index is 0.0220. The zero-order valence-corrected chi connectivity index (χ0v) is 14.4. The third-order valence-electron chi connectivity index (χ3n) is 4.64. The minimum Gasteiger partial charge on any atom is -0.497 e. The van der Waals surface area contributed by atoms with Gasteiger partial charge in [-0.3, -0.25) is 9.69 Å². The van der Waals surface area contributed by atoms with Gasteiger partial charge in [0.25, 0.3) is 5.91 Å². The number of nitrogens with zero attached hydrogens (tertiary/aromatic N) is 2. The summed E-state index contributed by atoms with van der Waals surface area (Å²) >= 11 is 0. The maximum absolute atomic E-state index is 12.3. The molecule has 5 nitrogen and oxygen atoms in total. The molecule has 1 saturated heterocycles. The largest absolute Gasteiger partial charge is 0.497 e. The lowest BCUT2D eigenvalue weighted by Crippen LogP contribution is -2.44. The molecule has 0 saturated carbocycles. The van der Waals surface area contributed by atoms with Crippen molar-refractivity contribution in [2.24, 2.45) is 7.05 Å². The predicted octanol–water partition coefficient (Wildman–Crippen LogP) is 2.43. The van der Waals surface area contributed by atoms with Crippen molar-refractivity contribution >= 4 is 5.91 Å². The first-order valence-corrected chi connectivity index (χ1v) is 8.43. The number of hydrogen-bond acceptors (Lipinski definition) is 3. The molecule has 1 N–H and O–H groups in total.